The fourth-order valence-corrected chi connectivity index (χ4v) is 1.73. The first kappa shape index (κ1) is 8.79. The highest BCUT2D eigenvalue weighted by Gasteiger charge is 2.16. The fraction of sp³-hybridized carbons (Fsp3) is 0.800. The zero-order valence-electron chi connectivity index (χ0n) is 8.02. The third-order valence-corrected chi connectivity index (χ3v) is 2.29. The minimum absolute atomic E-state index is 0.566. The largest absolute Gasteiger partial charge is 0.308 e. The summed E-state index contributed by atoms with van der Waals surface area (Å²) in [5.74, 6) is 0.724. The van der Waals surface area contributed by atoms with Crippen LogP contribution in [0.2, 0.25) is 0 Å². The Morgan fingerprint density at radius 2 is 2.09 bits per heavy atom. The molecule has 0 fully saturated rings. The molecule has 0 aliphatic carbocycles. The molecule has 0 unspecified atom stereocenters. The van der Waals surface area contributed by atoms with Gasteiger partial charge in [0, 0.05) is 12.1 Å². The number of hydrogen-bond acceptors (Lipinski definition) is 1. The maximum absolute atomic E-state index is 3.49. The van der Waals surface area contributed by atoms with E-state index in [1.54, 1.807) is 5.57 Å². The van der Waals surface area contributed by atoms with E-state index in [1.165, 1.54) is 6.42 Å². The molecular formula is C10H19N. The summed E-state index contributed by atoms with van der Waals surface area (Å²) in [5, 5.41) is 3.49. The lowest BCUT2D eigenvalue weighted by atomic mass is 9.91. The van der Waals surface area contributed by atoms with Crippen molar-refractivity contribution < 1.29 is 0 Å². The normalized spacial score (nSPS) is 32.3. The van der Waals surface area contributed by atoms with Gasteiger partial charge in [0.1, 0.15) is 0 Å². The molecule has 0 bridgehead atoms. The molecule has 0 spiro atoms. The molecule has 0 radical (unpaired) electrons. The van der Waals surface area contributed by atoms with Gasteiger partial charge in [0.15, 0.2) is 0 Å². The van der Waals surface area contributed by atoms with Crippen molar-refractivity contribution in [3.05, 3.63) is 11.6 Å². The average Bonchev–Trinajstić information content (AvgIpc) is 1.85. The van der Waals surface area contributed by atoms with Crippen LogP contribution in [-0.2, 0) is 0 Å². The SMILES string of the molecule is CC(C)C1=C[C@@H](C)N[C@H](C)C1. The van der Waals surface area contributed by atoms with Crippen molar-refractivity contribution in [2.75, 3.05) is 0 Å². The van der Waals surface area contributed by atoms with E-state index in [4.69, 9.17) is 0 Å². The van der Waals surface area contributed by atoms with Gasteiger partial charge in [-0.05, 0) is 26.2 Å². The van der Waals surface area contributed by atoms with E-state index in [9.17, 15) is 0 Å². The van der Waals surface area contributed by atoms with E-state index in [0.29, 0.717) is 12.1 Å². The van der Waals surface area contributed by atoms with E-state index in [2.05, 4.69) is 39.1 Å². The van der Waals surface area contributed by atoms with Gasteiger partial charge in [0.2, 0.25) is 0 Å². The molecule has 1 aliphatic rings. The maximum Gasteiger partial charge on any atom is 0.0226 e. The Balaban J connectivity index is 2.64. The molecule has 1 nitrogen and oxygen atoms in total. The number of hydrogen-bond donors (Lipinski definition) is 1. The van der Waals surface area contributed by atoms with Crippen LogP contribution in [-0.4, -0.2) is 12.1 Å². The number of nitrogens with one attached hydrogen (secondary N) is 1. The Kier molecular flexibility index (Phi) is 2.72. The standard InChI is InChI=1S/C10H19N/c1-7(2)10-5-8(3)11-9(4)6-10/h5,7-9,11H,6H2,1-4H3/t8-,9-/m1/s1. The van der Waals surface area contributed by atoms with E-state index in [-0.39, 0.29) is 0 Å². The summed E-state index contributed by atoms with van der Waals surface area (Å²) in [7, 11) is 0. The molecule has 1 heteroatoms. The second kappa shape index (κ2) is 3.40. The van der Waals surface area contributed by atoms with Crippen molar-refractivity contribution in [1.82, 2.24) is 5.32 Å². The summed E-state index contributed by atoms with van der Waals surface area (Å²) in [6.07, 6.45) is 3.59. The molecule has 0 aromatic heterocycles. The molecule has 1 heterocycles. The van der Waals surface area contributed by atoms with Crippen molar-refractivity contribution in [1.29, 1.82) is 0 Å². The van der Waals surface area contributed by atoms with Crippen molar-refractivity contribution in [3.8, 4) is 0 Å². The lowest BCUT2D eigenvalue weighted by molar-refractivity contribution is 0.462. The molecule has 0 amide bonds. The summed E-state index contributed by atoms with van der Waals surface area (Å²) in [5.41, 5.74) is 1.61. The Morgan fingerprint density at radius 3 is 2.55 bits per heavy atom. The van der Waals surface area contributed by atoms with Crippen molar-refractivity contribution >= 4 is 0 Å². The first-order chi connectivity index (χ1) is 5.09. The van der Waals surface area contributed by atoms with Gasteiger partial charge in [-0.1, -0.05) is 25.5 Å². The zero-order valence-corrected chi connectivity index (χ0v) is 8.02. The Bertz CT molecular complexity index is 158. The molecule has 11 heavy (non-hydrogen) atoms. The van der Waals surface area contributed by atoms with E-state index in [1.807, 2.05) is 0 Å². The first-order valence-corrected chi connectivity index (χ1v) is 4.56. The van der Waals surface area contributed by atoms with Gasteiger partial charge in [-0.15, -0.1) is 0 Å². The molecule has 0 saturated heterocycles. The van der Waals surface area contributed by atoms with Crippen molar-refractivity contribution in [2.24, 2.45) is 5.92 Å². The summed E-state index contributed by atoms with van der Waals surface area (Å²) < 4.78 is 0. The highest BCUT2D eigenvalue weighted by Crippen LogP contribution is 2.20. The van der Waals surface area contributed by atoms with Gasteiger partial charge in [0.05, 0.1) is 0 Å². The Hall–Kier alpha value is -0.300. The molecule has 0 saturated carbocycles. The van der Waals surface area contributed by atoms with Crippen molar-refractivity contribution in [3.63, 3.8) is 0 Å². The van der Waals surface area contributed by atoms with E-state index >= 15 is 0 Å². The van der Waals surface area contributed by atoms with E-state index < -0.39 is 0 Å². The quantitative estimate of drug-likeness (QED) is 0.570. The molecule has 1 N–H and O–H groups in total. The smallest absolute Gasteiger partial charge is 0.0226 e. The Labute approximate surface area is 69.9 Å². The minimum Gasteiger partial charge on any atom is -0.308 e. The second-order valence-corrected chi connectivity index (χ2v) is 3.96. The average molecular weight is 153 g/mol. The van der Waals surface area contributed by atoms with Crippen LogP contribution in [0.3, 0.4) is 0 Å². The topological polar surface area (TPSA) is 12.0 Å². The fourth-order valence-electron chi connectivity index (χ4n) is 1.73. The van der Waals surface area contributed by atoms with Crippen LogP contribution in [0.1, 0.15) is 34.1 Å². The lowest BCUT2D eigenvalue weighted by Crippen LogP contribution is -2.37. The van der Waals surface area contributed by atoms with Crippen LogP contribution in [0.25, 0.3) is 0 Å². The van der Waals surface area contributed by atoms with Crippen LogP contribution in [0.5, 0.6) is 0 Å². The molecule has 64 valence electrons. The third kappa shape index (κ3) is 2.33. The van der Waals surface area contributed by atoms with Gasteiger partial charge >= 0.3 is 0 Å². The van der Waals surface area contributed by atoms with Crippen LogP contribution in [0.15, 0.2) is 11.6 Å². The minimum atomic E-state index is 0.566. The molecule has 0 aromatic rings. The van der Waals surface area contributed by atoms with Gasteiger partial charge in [0.25, 0.3) is 0 Å². The van der Waals surface area contributed by atoms with Crippen LogP contribution in [0, 0.1) is 5.92 Å². The van der Waals surface area contributed by atoms with Crippen molar-refractivity contribution in [2.45, 2.75) is 46.2 Å². The predicted molar refractivity (Wildman–Crippen MR) is 49.6 cm³/mol. The third-order valence-electron chi connectivity index (χ3n) is 2.29. The Morgan fingerprint density at radius 1 is 1.45 bits per heavy atom. The molecular weight excluding hydrogens is 134 g/mol. The summed E-state index contributed by atoms with van der Waals surface area (Å²) >= 11 is 0. The monoisotopic (exact) mass is 153 g/mol. The summed E-state index contributed by atoms with van der Waals surface area (Å²) in [6.45, 7) is 9.02. The van der Waals surface area contributed by atoms with Gasteiger partial charge < -0.3 is 5.32 Å². The summed E-state index contributed by atoms with van der Waals surface area (Å²) in [4.78, 5) is 0. The number of rotatable bonds is 1. The zero-order chi connectivity index (χ0) is 8.43. The van der Waals surface area contributed by atoms with Crippen LogP contribution < -0.4 is 5.32 Å². The molecule has 2 atom stereocenters. The molecule has 1 rings (SSSR count). The first-order valence-electron chi connectivity index (χ1n) is 4.56. The molecule has 1 aliphatic heterocycles. The second-order valence-electron chi connectivity index (χ2n) is 3.96. The van der Waals surface area contributed by atoms with Gasteiger partial charge in [-0.25, -0.2) is 0 Å². The van der Waals surface area contributed by atoms with Crippen LogP contribution >= 0.6 is 0 Å². The van der Waals surface area contributed by atoms with E-state index in [0.717, 1.165) is 5.92 Å². The van der Waals surface area contributed by atoms with Gasteiger partial charge in [-0.2, -0.15) is 0 Å². The lowest BCUT2D eigenvalue weighted by Gasteiger charge is -2.27. The van der Waals surface area contributed by atoms with Crippen LogP contribution in [0.4, 0.5) is 0 Å². The summed E-state index contributed by atoms with van der Waals surface area (Å²) in [6, 6.07) is 1.23. The van der Waals surface area contributed by atoms with Gasteiger partial charge in [-0.3, -0.25) is 0 Å². The predicted octanol–water partition coefficient (Wildman–Crippen LogP) is 2.34. The highest BCUT2D eigenvalue weighted by molar-refractivity contribution is 5.13. The maximum atomic E-state index is 3.49. The highest BCUT2D eigenvalue weighted by atomic mass is 14.9. The molecule has 0 aromatic carbocycles.